The van der Waals surface area contributed by atoms with E-state index in [0.717, 1.165) is 18.2 Å². The van der Waals surface area contributed by atoms with E-state index >= 15 is 0 Å². The van der Waals surface area contributed by atoms with Gasteiger partial charge in [-0.05, 0) is 37.1 Å². The summed E-state index contributed by atoms with van der Waals surface area (Å²) < 4.78 is 26.5. The molecule has 130 valence electrons. The zero-order valence-corrected chi connectivity index (χ0v) is 13.5. The van der Waals surface area contributed by atoms with E-state index in [1.165, 1.54) is 0 Å². The van der Waals surface area contributed by atoms with E-state index in [1.54, 1.807) is 29.2 Å². The van der Waals surface area contributed by atoms with Crippen molar-refractivity contribution in [1.29, 1.82) is 0 Å². The number of likely N-dealkylation sites (tertiary alicyclic amines) is 1. The summed E-state index contributed by atoms with van der Waals surface area (Å²) in [5.74, 6) is -2.08. The summed E-state index contributed by atoms with van der Waals surface area (Å²) in [5, 5.41) is 2.96. The molecule has 0 unspecified atom stereocenters. The van der Waals surface area contributed by atoms with Gasteiger partial charge in [0.2, 0.25) is 0 Å². The van der Waals surface area contributed by atoms with Gasteiger partial charge in [-0.25, -0.2) is 8.78 Å². The largest absolute Gasteiger partial charge is 0.349 e. The number of hydrogen-bond acceptors (Lipinski definition) is 2. The molecule has 25 heavy (non-hydrogen) atoms. The fourth-order valence-corrected chi connectivity index (χ4v) is 2.95. The molecule has 3 rings (SSSR count). The second-order valence-corrected chi connectivity index (χ2v) is 6.06. The SMILES string of the molecule is O=C(NC1CCN(C(=O)c2cc(F)cc(F)c2)CC1)c1ccccc1. The fourth-order valence-electron chi connectivity index (χ4n) is 2.95. The number of piperidine rings is 1. The zero-order chi connectivity index (χ0) is 17.8. The molecule has 4 nitrogen and oxygen atoms in total. The van der Waals surface area contributed by atoms with Gasteiger partial charge < -0.3 is 10.2 Å². The number of halogens is 2. The first-order chi connectivity index (χ1) is 12.0. The molecule has 0 spiro atoms. The molecule has 2 aromatic rings. The van der Waals surface area contributed by atoms with Crippen LogP contribution in [0, 0.1) is 11.6 Å². The lowest BCUT2D eigenvalue weighted by molar-refractivity contribution is 0.0697. The molecule has 2 amide bonds. The highest BCUT2D eigenvalue weighted by Gasteiger charge is 2.25. The van der Waals surface area contributed by atoms with Gasteiger partial charge in [-0.15, -0.1) is 0 Å². The van der Waals surface area contributed by atoms with Crippen LogP contribution in [0.25, 0.3) is 0 Å². The number of benzene rings is 2. The van der Waals surface area contributed by atoms with Gasteiger partial charge in [-0.3, -0.25) is 9.59 Å². The van der Waals surface area contributed by atoms with Crippen LogP contribution in [0.3, 0.4) is 0 Å². The standard InChI is InChI=1S/C19H18F2N2O2/c20-15-10-14(11-16(21)12-15)19(25)23-8-6-17(7-9-23)22-18(24)13-4-2-1-3-5-13/h1-5,10-12,17H,6-9H2,(H,22,24). The molecular weight excluding hydrogens is 326 g/mol. The Morgan fingerprint density at radius 3 is 2.12 bits per heavy atom. The van der Waals surface area contributed by atoms with Crippen molar-refractivity contribution in [2.24, 2.45) is 0 Å². The summed E-state index contributed by atoms with van der Waals surface area (Å²) >= 11 is 0. The molecule has 1 heterocycles. The van der Waals surface area contributed by atoms with Crippen molar-refractivity contribution in [2.45, 2.75) is 18.9 Å². The van der Waals surface area contributed by atoms with E-state index in [1.807, 2.05) is 6.07 Å². The van der Waals surface area contributed by atoms with Crippen molar-refractivity contribution in [2.75, 3.05) is 13.1 Å². The number of carbonyl (C=O) groups is 2. The summed E-state index contributed by atoms with van der Waals surface area (Å²) in [5.41, 5.74) is 0.598. The van der Waals surface area contributed by atoms with E-state index in [9.17, 15) is 18.4 Å². The quantitative estimate of drug-likeness (QED) is 0.931. The van der Waals surface area contributed by atoms with Crippen LogP contribution in [0.4, 0.5) is 8.78 Å². The molecule has 1 N–H and O–H groups in total. The summed E-state index contributed by atoms with van der Waals surface area (Å²) in [4.78, 5) is 26.1. The van der Waals surface area contributed by atoms with Gasteiger partial charge in [0, 0.05) is 36.3 Å². The van der Waals surface area contributed by atoms with Gasteiger partial charge in [0.1, 0.15) is 11.6 Å². The second kappa shape index (κ2) is 7.42. The summed E-state index contributed by atoms with van der Waals surface area (Å²) in [6.45, 7) is 0.855. The van der Waals surface area contributed by atoms with Crippen LogP contribution in [0.5, 0.6) is 0 Å². The lowest BCUT2D eigenvalue weighted by Crippen LogP contribution is -2.46. The normalized spacial score (nSPS) is 15.0. The first-order valence-corrected chi connectivity index (χ1v) is 8.14. The zero-order valence-electron chi connectivity index (χ0n) is 13.5. The highest BCUT2D eigenvalue weighted by Crippen LogP contribution is 2.16. The van der Waals surface area contributed by atoms with Gasteiger partial charge in [0.15, 0.2) is 0 Å². The summed E-state index contributed by atoms with van der Waals surface area (Å²) in [7, 11) is 0. The Bertz CT molecular complexity index is 752. The van der Waals surface area contributed by atoms with E-state index in [4.69, 9.17) is 0 Å². The van der Waals surface area contributed by atoms with Crippen LogP contribution in [-0.4, -0.2) is 35.8 Å². The number of rotatable bonds is 3. The molecule has 1 fully saturated rings. The molecule has 0 aromatic heterocycles. The van der Waals surface area contributed by atoms with E-state index in [2.05, 4.69) is 5.32 Å². The number of hydrogen-bond donors (Lipinski definition) is 1. The van der Waals surface area contributed by atoms with Gasteiger partial charge in [-0.1, -0.05) is 18.2 Å². The van der Waals surface area contributed by atoms with Gasteiger partial charge in [-0.2, -0.15) is 0 Å². The molecule has 0 saturated carbocycles. The first kappa shape index (κ1) is 17.1. The van der Waals surface area contributed by atoms with Crippen molar-refractivity contribution in [3.8, 4) is 0 Å². The van der Waals surface area contributed by atoms with E-state index < -0.39 is 17.5 Å². The number of nitrogens with zero attached hydrogens (tertiary/aromatic N) is 1. The lowest BCUT2D eigenvalue weighted by atomic mass is 10.0. The Labute approximate surface area is 144 Å². The second-order valence-electron chi connectivity index (χ2n) is 6.06. The molecule has 1 aliphatic heterocycles. The molecule has 6 heteroatoms. The molecule has 0 radical (unpaired) electrons. The topological polar surface area (TPSA) is 49.4 Å². The minimum Gasteiger partial charge on any atom is -0.349 e. The predicted molar refractivity (Wildman–Crippen MR) is 89.2 cm³/mol. The van der Waals surface area contributed by atoms with Crippen molar-refractivity contribution in [1.82, 2.24) is 10.2 Å². The Morgan fingerprint density at radius 2 is 1.52 bits per heavy atom. The monoisotopic (exact) mass is 344 g/mol. The Kier molecular flexibility index (Phi) is 5.07. The molecule has 1 saturated heterocycles. The van der Waals surface area contributed by atoms with E-state index in [-0.39, 0.29) is 17.5 Å². The van der Waals surface area contributed by atoms with Crippen LogP contribution in [-0.2, 0) is 0 Å². The van der Waals surface area contributed by atoms with Crippen molar-refractivity contribution >= 4 is 11.8 Å². The number of amides is 2. The maximum Gasteiger partial charge on any atom is 0.254 e. The van der Waals surface area contributed by atoms with Crippen LogP contribution in [0.2, 0.25) is 0 Å². The third-order valence-corrected chi connectivity index (χ3v) is 4.26. The average Bonchev–Trinajstić information content (AvgIpc) is 2.61. The minimum absolute atomic E-state index is 0.00395. The third kappa shape index (κ3) is 4.21. The molecule has 0 bridgehead atoms. The molecule has 2 aromatic carbocycles. The van der Waals surface area contributed by atoms with Crippen LogP contribution in [0.15, 0.2) is 48.5 Å². The van der Waals surface area contributed by atoms with Crippen LogP contribution >= 0.6 is 0 Å². The van der Waals surface area contributed by atoms with Crippen LogP contribution < -0.4 is 5.32 Å². The first-order valence-electron chi connectivity index (χ1n) is 8.14. The Hall–Kier alpha value is -2.76. The maximum absolute atomic E-state index is 13.3. The van der Waals surface area contributed by atoms with Crippen LogP contribution in [0.1, 0.15) is 33.6 Å². The molecule has 0 aliphatic carbocycles. The summed E-state index contributed by atoms with van der Waals surface area (Å²) in [6, 6.07) is 11.7. The van der Waals surface area contributed by atoms with Gasteiger partial charge in [0.05, 0.1) is 0 Å². The van der Waals surface area contributed by atoms with E-state index in [0.29, 0.717) is 31.5 Å². The van der Waals surface area contributed by atoms with Crippen molar-refractivity contribution in [3.63, 3.8) is 0 Å². The predicted octanol–water partition coefficient (Wildman–Crippen LogP) is 3.00. The summed E-state index contributed by atoms with van der Waals surface area (Å²) in [6.07, 6.45) is 1.20. The Balaban J connectivity index is 1.56. The van der Waals surface area contributed by atoms with Crippen molar-refractivity contribution < 1.29 is 18.4 Å². The Morgan fingerprint density at radius 1 is 0.920 bits per heavy atom. The smallest absolute Gasteiger partial charge is 0.254 e. The minimum atomic E-state index is -0.770. The fraction of sp³-hybridized carbons (Fsp3) is 0.263. The third-order valence-electron chi connectivity index (χ3n) is 4.26. The van der Waals surface area contributed by atoms with Gasteiger partial charge in [0.25, 0.3) is 11.8 Å². The highest BCUT2D eigenvalue weighted by molar-refractivity contribution is 5.95. The highest BCUT2D eigenvalue weighted by atomic mass is 19.1. The molecule has 0 atom stereocenters. The van der Waals surface area contributed by atoms with Crippen molar-refractivity contribution in [3.05, 3.63) is 71.3 Å². The average molecular weight is 344 g/mol. The number of nitrogens with one attached hydrogen (secondary N) is 1. The maximum atomic E-state index is 13.3. The molecular formula is C19H18F2N2O2. The van der Waals surface area contributed by atoms with Gasteiger partial charge >= 0.3 is 0 Å². The lowest BCUT2D eigenvalue weighted by Gasteiger charge is -2.32. The number of carbonyl (C=O) groups excluding carboxylic acids is 2. The molecule has 1 aliphatic rings.